The van der Waals surface area contributed by atoms with Crippen molar-refractivity contribution in [3.63, 3.8) is 0 Å². The normalized spacial score (nSPS) is 32.0. The summed E-state index contributed by atoms with van der Waals surface area (Å²) >= 11 is 0. The Morgan fingerprint density at radius 1 is 1.20 bits per heavy atom. The standard InChI is InChI=1S/C18H17N5O2/c24-16(22-17-20-7-2-8-21-17)18-13-5-4-11(9-13)14(18)15(23-25-18)12-3-1-6-19-10-12/h1-3,6-8,10-11,13-14H,4-5,9H2,(H,20,21,22,24)/t11-,13+,14-,18-/m1/s1. The van der Waals surface area contributed by atoms with Crippen molar-refractivity contribution < 1.29 is 9.63 Å². The lowest BCUT2D eigenvalue weighted by molar-refractivity contribution is -0.149. The molecule has 7 nitrogen and oxygen atoms in total. The number of carbonyl (C=O) groups excluding carboxylic acids is 1. The van der Waals surface area contributed by atoms with E-state index in [1.807, 2.05) is 12.1 Å². The Balaban J connectivity index is 1.51. The number of rotatable bonds is 3. The number of aromatic nitrogens is 3. The number of hydrogen-bond acceptors (Lipinski definition) is 6. The van der Waals surface area contributed by atoms with Gasteiger partial charge >= 0.3 is 0 Å². The van der Waals surface area contributed by atoms with Crippen LogP contribution in [0.4, 0.5) is 5.95 Å². The van der Waals surface area contributed by atoms with Crippen molar-refractivity contribution in [2.24, 2.45) is 22.9 Å². The van der Waals surface area contributed by atoms with Crippen molar-refractivity contribution in [1.82, 2.24) is 15.0 Å². The van der Waals surface area contributed by atoms with Gasteiger partial charge in [0.25, 0.3) is 5.91 Å². The first-order valence-corrected chi connectivity index (χ1v) is 8.54. The van der Waals surface area contributed by atoms with Crippen molar-refractivity contribution in [2.75, 3.05) is 5.32 Å². The molecule has 3 aliphatic rings. The van der Waals surface area contributed by atoms with Crippen LogP contribution in [0.25, 0.3) is 0 Å². The highest BCUT2D eigenvalue weighted by Crippen LogP contribution is 2.60. The summed E-state index contributed by atoms with van der Waals surface area (Å²) in [5.41, 5.74) is 0.808. The number of carbonyl (C=O) groups is 1. The molecule has 2 saturated carbocycles. The van der Waals surface area contributed by atoms with E-state index in [0.29, 0.717) is 11.9 Å². The summed E-state index contributed by atoms with van der Waals surface area (Å²) in [6.45, 7) is 0. The number of anilines is 1. The maximum Gasteiger partial charge on any atom is 0.274 e. The van der Waals surface area contributed by atoms with Crippen LogP contribution in [0, 0.1) is 17.8 Å². The number of oxime groups is 1. The summed E-state index contributed by atoms with van der Waals surface area (Å²) in [4.78, 5) is 31.4. The van der Waals surface area contributed by atoms with Crippen molar-refractivity contribution >= 4 is 17.6 Å². The van der Waals surface area contributed by atoms with E-state index in [1.54, 1.807) is 30.9 Å². The van der Waals surface area contributed by atoms with Crippen LogP contribution in [-0.4, -0.2) is 32.2 Å². The molecule has 0 radical (unpaired) electrons. The van der Waals surface area contributed by atoms with Gasteiger partial charge in [-0.3, -0.25) is 15.1 Å². The molecule has 1 aliphatic heterocycles. The second kappa shape index (κ2) is 5.34. The van der Waals surface area contributed by atoms with E-state index in [2.05, 4.69) is 25.4 Å². The SMILES string of the molecule is O=C(Nc1ncccn1)[C@]12ON=C(c3cccnc3)[C@H]1[C@@H]1CC[C@H]2C1. The maximum atomic E-state index is 13.2. The van der Waals surface area contributed by atoms with Gasteiger partial charge in [0.15, 0.2) is 0 Å². The molecule has 2 bridgehead atoms. The first-order chi connectivity index (χ1) is 12.3. The predicted molar refractivity (Wildman–Crippen MR) is 89.6 cm³/mol. The highest BCUT2D eigenvalue weighted by molar-refractivity contribution is 6.10. The fourth-order valence-electron chi connectivity index (χ4n) is 4.73. The van der Waals surface area contributed by atoms with Gasteiger partial charge in [-0.2, -0.15) is 0 Å². The number of nitrogens with zero attached hydrogens (tertiary/aromatic N) is 4. The van der Waals surface area contributed by atoms with Crippen LogP contribution in [0.3, 0.4) is 0 Å². The molecule has 4 atom stereocenters. The Hall–Kier alpha value is -2.83. The van der Waals surface area contributed by atoms with Gasteiger partial charge in [-0.1, -0.05) is 5.16 Å². The number of amides is 1. The van der Waals surface area contributed by atoms with Crippen LogP contribution >= 0.6 is 0 Å². The van der Waals surface area contributed by atoms with Crippen LogP contribution < -0.4 is 5.32 Å². The summed E-state index contributed by atoms with van der Waals surface area (Å²) < 4.78 is 0. The van der Waals surface area contributed by atoms with Crippen molar-refractivity contribution in [1.29, 1.82) is 0 Å². The van der Waals surface area contributed by atoms with Crippen molar-refractivity contribution in [3.05, 3.63) is 48.5 Å². The minimum Gasteiger partial charge on any atom is -0.378 e. The molecule has 2 aromatic heterocycles. The molecule has 0 saturated heterocycles. The van der Waals surface area contributed by atoms with Gasteiger partial charge in [-0.25, -0.2) is 9.97 Å². The second-order valence-electron chi connectivity index (χ2n) is 6.88. The number of fused-ring (bicyclic) bond motifs is 5. The zero-order chi connectivity index (χ0) is 16.9. The Kier molecular flexibility index (Phi) is 3.10. The minimum atomic E-state index is -0.951. The zero-order valence-corrected chi connectivity index (χ0v) is 13.5. The molecule has 7 heteroatoms. The molecule has 0 unspecified atom stereocenters. The van der Waals surface area contributed by atoms with Crippen LogP contribution in [0.15, 0.2) is 48.1 Å². The first kappa shape index (κ1) is 14.5. The van der Waals surface area contributed by atoms with Gasteiger partial charge in [0.1, 0.15) is 0 Å². The Labute approximate surface area is 144 Å². The summed E-state index contributed by atoms with van der Waals surface area (Å²) in [6.07, 6.45) is 9.80. The second-order valence-corrected chi connectivity index (χ2v) is 6.88. The van der Waals surface area contributed by atoms with E-state index in [9.17, 15) is 4.79 Å². The van der Waals surface area contributed by atoms with E-state index in [4.69, 9.17) is 4.84 Å². The highest BCUT2D eigenvalue weighted by Gasteiger charge is 2.69. The van der Waals surface area contributed by atoms with Gasteiger partial charge in [0.2, 0.25) is 11.5 Å². The van der Waals surface area contributed by atoms with E-state index < -0.39 is 5.60 Å². The molecular formula is C18H17N5O2. The molecule has 1 N–H and O–H groups in total. The number of hydrogen-bond donors (Lipinski definition) is 1. The molecule has 2 fully saturated rings. The third kappa shape index (κ3) is 2.01. The molecule has 0 spiro atoms. The van der Waals surface area contributed by atoms with Gasteiger partial charge < -0.3 is 4.84 Å². The molecule has 1 amide bonds. The predicted octanol–water partition coefficient (Wildman–Crippen LogP) is 2.03. The molecule has 0 aromatic carbocycles. The minimum absolute atomic E-state index is 0.0424. The van der Waals surface area contributed by atoms with Gasteiger partial charge in [-0.05, 0) is 43.4 Å². The van der Waals surface area contributed by atoms with Crippen LogP contribution in [0.2, 0.25) is 0 Å². The Morgan fingerprint density at radius 2 is 2.08 bits per heavy atom. The lowest BCUT2D eigenvalue weighted by Gasteiger charge is -2.35. The zero-order valence-electron chi connectivity index (χ0n) is 13.5. The Morgan fingerprint density at radius 3 is 2.88 bits per heavy atom. The molecule has 25 heavy (non-hydrogen) atoms. The smallest absolute Gasteiger partial charge is 0.274 e. The summed E-state index contributed by atoms with van der Waals surface area (Å²) in [5.74, 6) is 0.637. The monoisotopic (exact) mass is 335 g/mol. The molecule has 2 aliphatic carbocycles. The average Bonchev–Trinajstić information content (AvgIpc) is 3.35. The fourth-order valence-corrected chi connectivity index (χ4v) is 4.73. The van der Waals surface area contributed by atoms with Crippen molar-refractivity contribution in [3.8, 4) is 0 Å². The topological polar surface area (TPSA) is 89.4 Å². The van der Waals surface area contributed by atoms with E-state index in [-0.39, 0.29) is 17.7 Å². The summed E-state index contributed by atoms with van der Waals surface area (Å²) in [5, 5.41) is 7.17. The maximum absolute atomic E-state index is 13.2. The Bertz CT molecular complexity index is 841. The molecule has 3 heterocycles. The first-order valence-electron chi connectivity index (χ1n) is 8.54. The van der Waals surface area contributed by atoms with E-state index >= 15 is 0 Å². The van der Waals surface area contributed by atoms with Crippen LogP contribution in [0.1, 0.15) is 24.8 Å². The molecule has 5 rings (SSSR count). The third-order valence-corrected chi connectivity index (χ3v) is 5.71. The van der Waals surface area contributed by atoms with Crippen molar-refractivity contribution in [2.45, 2.75) is 24.9 Å². The third-order valence-electron chi connectivity index (χ3n) is 5.71. The lowest BCUT2D eigenvalue weighted by Crippen LogP contribution is -2.53. The number of nitrogens with one attached hydrogen (secondary N) is 1. The van der Waals surface area contributed by atoms with E-state index in [1.165, 1.54) is 0 Å². The van der Waals surface area contributed by atoms with Gasteiger partial charge in [0.05, 0.1) is 11.6 Å². The largest absolute Gasteiger partial charge is 0.378 e. The van der Waals surface area contributed by atoms with Gasteiger partial charge in [-0.15, -0.1) is 0 Å². The summed E-state index contributed by atoms with van der Waals surface area (Å²) in [7, 11) is 0. The molecule has 2 aromatic rings. The quantitative estimate of drug-likeness (QED) is 0.927. The van der Waals surface area contributed by atoms with Crippen LogP contribution in [0.5, 0.6) is 0 Å². The lowest BCUT2D eigenvalue weighted by atomic mass is 9.72. The fraction of sp³-hybridized carbons (Fsp3) is 0.389. The van der Waals surface area contributed by atoms with E-state index in [0.717, 1.165) is 30.5 Å². The number of pyridine rings is 1. The molecular weight excluding hydrogens is 318 g/mol. The van der Waals surface area contributed by atoms with Crippen LogP contribution in [-0.2, 0) is 9.63 Å². The molecule has 126 valence electrons. The summed E-state index contributed by atoms with van der Waals surface area (Å²) in [6, 6.07) is 5.56. The highest BCUT2D eigenvalue weighted by atomic mass is 16.7. The van der Waals surface area contributed by atoms with Gasteiger partial charge in [0, 0.05) is 36.3 Å². The average molecular weight is 335 g/mol.